The van der Waals surface area contributed by atoms with Crippen LogP contribution in [-0.2, 0) is 10.8 Å². The summed E-state index contributed by atoms with van der Waals surface area (Å²) < 4.78 is 0. The van der Waals surface area contributed by atoms with Crippen molar-refractivity contribution in [3.05, 3.63) is 107 Å². The van der Waals surface area contributed by atoms with E-state index in [4.69, 9.17) is 11.6 Å². The fraction of sp³-hybridized carbons (Fsp3) is 0.389. The summed E-state index contributed by atoms with van der Waals surface area (Å²) in [6, 6.07) is 24.3. The van der Waals surface area contributed by atoms with E-state index < -0.39 is 0 Å². The molecule has 200 valence electrons. The monoisotopic (exact) mass is 525 g/mol. The van der Waals surface area contributed by atoms with Crippen LogP contribution in [-0.4, -0.2) is 0 Å². The number of anilines is 3. The second kappa shape index (κ2) is 10.4. The standard InChI is InChI=1S/C36H44ClN/c1-34(2,3)27-12-10-25(11-13-27)26-22-30(37)24-33(23-26)38(31-18-14-28(15-19-31)35(4,5)6)32-20-16-29(17-21-32)36(7,8)9/h10-12,14-24,27H,13H2,1-9H3. The molecule has 0 saturated heterocycles. The zero-order valence-electron chi connectivity index (χ0n) is 24.7. The molecule has 2 heteroatoms. The molecule has 3 aromatic carbocycles. The summed E-state index contributed by atoms with van der Waals surface area (Å²) >= 11 is 6.78. The quantitative estimate of drug-likeness (QED) is 0.327. The fourth-order valence-corrected chi connectivity index (χ4v) is 5.24. The van der Waals surface area contributed by atoms with Crippen LogP contribution in [0.1, 0.15) is 85.4 Å². The molecule has 0 saturated carbocycles. The van der Waals surface area contributed by atoms with Crippen LogP contribution in [0.25, 0.3) is 5.57 Å². The Morgan fingerprint density at radius 1 is 0.658 bits per heavy atom. The third-order valence-electron chi connectivity index (χ3n) is 7.67. The van der Waals surface area contributed by atoms with Gasteiger partial charge in [-0.2, -0.15) is 0 Å². The average molecular weight is 526 g/mol. The van der Waals surface area contributed by atoms with Gasteiger partial charge in [-0.3, -0.25) is 0 Å². The molecule has 0 amide bonds. The van der Waals surface area contributed by atoms with E-state index in [1.165, 1.54) is 16.7 Å². The largest absolute Gasteiger partial charge is 0.310 e. The van der Waals surface area contributed by atoms with Crippen LogP contribution in [0.5, 0.6) is 0 Å². The third-order valence-corrected chi connectivity index (χ3v) is 7.89. The van der Waals surface area contributed by atoms with E-state index >= 15 is 0 Å². The highest BCUT2D eigenvalue weighted by molar-refractivity contribution is 6.31. The first-order valence-corrected chi connectivity index (χ1v) is 14.2. The molecule has 0 fully saturated rings. The minimum atomic E-state index is 0.103. The Bertz CT molecular complexity index is 1260. The van der Waals surface area contributed by atoms with E-state index in [9.17, 15) is 0 Å². The zero-order valence-corrected chi connectivity index (χ0v) is 25.4. The predicted octanol–water partition coefficient (Wildman–Crippen LogP) is 11.4. The molecular formula is C36H44ClN. The summed E-state index contributed by atoms with van der Waals surface area (Å²) in [7, 11) is 0. The fourth-order valence-electron chi connectivity index (χ4n) is 5.01. The van der Waals surface area contributed by atoms with Crippen molar-refractivity contribution in [1.82, 2.24) is 0 Å². The van der Waals surface area contributed by atoms with E-state index in [1.807, 2.05) is 0 Å². The molecule has 1 aliphatic rings. The SMILES string of the molecule is CC(C)(C)c1ccc(N(c2ccc(C(C)(C)C)cc2)c2cc(Cl)cc(C3=CCC(C(C)(C)C)C=C3)c2)cc1. The normalized spacial score (nSPS) is 16.4. The van der Waals surface area contributed by atoms with E-state index in [1.54, 1.807) is 0 Å². The van der Waals surface area contributed by atoms with E-state index in [0.29, 0.717) is 5.92 Å². The molecule has 0 aliphatic heterocycles. The van der Waals surface area contributed by atoms with Crippen molar-refractivity contribution in [3.63, 3.8) is 0 Å². The smallest absolute Gasteiger partial charge is 0.0482 e. The van der Waals surface area contributed by atoms with Crippen LogP contribution in [0.3, 0.4) is 0 Å². The number of hydrogen-bond acceptors (Lipinski definition) is 1. The maximum absolute atomic E-state index is 6.78. The number of rotatable bonds is 4. The molecule has 1 unspecified atom stereocenters. The van der Waals surface area contributed by atoms with E-state index in [-0.39, 0.29) is 16.2 Å². The number of allylic oxidation sites excluding steroid dienone is 4. The van der Waals surface area contributed by atoms with Gasteiger partial charge in [0, 0.05) is 22.1 Å². The summed E-state index contributed by atoms with van der Waals surface area (Å²) in [5.74, 6) is 0.545. The summed E-state index contributed by atoms with van der Waals surface area (Å²) in [5.41, 5.74) is 8.80. The molecule has 0 aromatic heterocycles. The highest BCUT2D eigenvalue weighted by atomic mass is 35.5. The molecular weight excluding hydrogens is 482 g/mol. The summed E-state index contributed by atoms with van der Waals surface area (Å²) in [4.78, 5) is 2.32. The molecule has 1 atom stereocenters. The third kappa shape index (κ3) is 6.44. The second-order valence-corrected chi connectivity index (χ2v) is 14.3. The Morgan fingerprint density at radius 3 is 1.55 bits per heavy atom. The maximum atomic E-state index is 6.78. The van der Waals surface area contributed by atoms with Gasteiger partial charge in [-0.25, -0.2) is 0 Å². The molecule has 0 spiro atoms. The molecule has 38 heavy (non-hydrogen) atoms. The van der Waals surface area contributed by atoms with Gasteiger partial charge in [0.05, 0.1) is 0 Å². The van der Waals surface area contributed by atoms with Gasteiger partial charge in [0.15, 0.2) is 0 Å². The lowest BCUT2D eigenvalue weighted by molar-refractivity contribution is 0.294. The molecule has 0 bridgehead atoms. The minimum Gasteiger partial charge on any atom is -0.310 e. The van der Waals surface area contributed by atoms with Crippen LogP contribution in [0.2, 0.25) is 5.02 Å². The maximum Gasteiger partial charge on any atom is 0.0482 e. The molecule has 1 aliphatic carbocycles. The van der Waals surface area contributed by atoms with Gasteiger partial charge >= 0.3 is 0 Å². The highest BCUT2D eigenvalue weighted by Crippen LogP contribution is 2.41. The summed E-state index contributed by atoms with van der Waals surface area (Å²) in [5, 5.41) is 0.743. The van der Waals surface area contributed by atoms with Crippen LogP contribution >= 0.6 is 11.6 Å². The summed E-state index contributed by atoms with van der Waals surface area (Å²) in [6.07, 6.45) is 8.05. The van der Waals surface area contributed by atoms with Gasteiger partial charge in [0.25, 0.3) is 0 Å². The first-order chi connectivity index (χ1) is 17.6. The van der Waals surface area contributed by atoms with Crippen LogP contribution in [0, 0.1) is 11.3 Å². The van der Waals surface area contributed by atoms with Crippen LogP contribution < -0.4 is 4.90 Å². The number of halogens is 1. The minimum absolute atomic E-state index is 0.103. The lowest BCUT2D eigenvalue weighted by Crippen LogP contribution is -2.19. The van der Waals surface area contributed by atoms with E-state index in [2.05, 4.69) is 152 Å². The Morgan fingerprint density at radius 2 is 1.16 bits per heavy atom. The van der Waals surface area contributed by atoms with Crippen molar-refractivity contribution < 1.29 is 0 Å². The Hall–Kier alpha value is -2.77. The first-order valence-electron chi connectivity index (χ1n) is 13.8. The molecule has 3 aromatic rings. The van der Waals surface area contributed by atoms with Gasteiger partial charge in [-0.05, 0) is 93.3 Å². The Balaban J connectivity index is 1.79. The van der Waals surface area contributed by atoms with Crippen LogP contribution in [0.4, 0.5) is 17.1 Å². The number of nitrogens with zero attached hydrogens (tertiary/aromatic N) is 1. The molecule has 0 radical (unpaired) electrons. The Labute approximate surface area is 236 Å². The molecule has 0 heterocycles. The second-order valence-electron chi connectivity index (χ2n) is 13.9. The lowest BCUT2D eigenvalue weighted by atomic mass is 9.76. The number of benzene rings is 3. The lowest BCUT2D eigenvalue weighted by Gasteiger charge is -2.30. The van der Waals surface area contributed by atoms with Crippen molar-refractivity contribution in [2.24, 2.45) is 11.3 Å². The Kier molecular flexibility index (Phi) is 7.74. The first kappa shape index (κ1) is 28.2. The van der Waals surface area contributed by atoms with Gasteiger partial charge < -0.3 is 4.90 Å². The van der Waals surface area contributed by atoms with Crippen molar-refractivity contribution in [2.75, 3.05) is 4.90 Å². The number of hydrogen-bond donors (Lipinski definition) is 0. The topological polar surface area (TPSA) is 3.24 Å². The van der Waals surface area contributed by atoms with Gasteiger partial charge in [0.1, 0.15) is 0 Å². The van der Waals surface area contributed by atoms with Gasteiger partial charge in [-0.15, -0.1) is 0 Å². The zero-order chi connectivity index (χ0) is 27.9. The van der Waals surface area contributed by atoms with Gasteiger partial charge in [0.2, 0.25) is 0 Å². The predicted molar refractivity (Wildman–Crippen MR) is 168 cm³/mol. The van der Waals surface area contributed by atoms with Crippen molar-refractivity contribution in [1.29, 1.82) is 0 Å². The molecule has 4 rings (SSSR count). The van der Waals surface area contributed by atoms with Crippen molar-refractivity contribution >= 4 is 34.2 Å². The molecule has 0 N–H and O–H groups in total. The van der Waals surface area contributed by atoms with Crippen molar-refractivity contribution in [2.45, 2.75) is 79.6 Å². The average Bonchev–Trinajstić information content (AvgIpc) is 2.83. The van der Waals surface area contributed by atoms with Crippen LogP contribution in [0.15, 0.2) is 85.0 Å². The van der Waals surface area contributed by atoms with Gasteiger partial charge in [-0.1, -0.05) is 116 Å². The molecule has 1 nitrogen and oxygen atoms in total. The highest BCUT2D eigenvalue weighted by Gasteiger charge is 2.24. The van der Waals surface area contributed by atoms with Crippen molar-refractivity contribution in [3.8, 4) is 0 Å². The summed E-state index contributed by atoms with van der Waals surface area (Å²) in [6.45, 7) is 20.5. The van der Waals surface area contributed by atoms with E-state index in [0.717, 1.165) is 34.1 Å².